The summed E-state index contributed by atoms with van der Waals surface area (Å²) >= 11 is 0. The van der Waals surface area contributed by atoms with E-state index in [1.807, 2.05) is 31.2 Å². The van der Waals surface area contributed by atoms with Crippen LogP contribution < -0.4 is 4.74 Å². The third-order valence-electron chi connectivity index (χ3n) is 3.64. The van der Waals surface area contributed by atoms with E-state index in [1.54, 1.807) is 30.1 Å². The van der Waals surface area contributed by atoms with E-state index in [0.29, 0.717) is 6.61 Å². The fraction of sp³-hybridized carbons (Fsp3) is 0.176. The third kappa shape index (κ3) is 2.53. The summed E-state index contributed by atoms with van der Waals surface area (Å²) in [6.07, 6.45) is 3.48. The molecule has 0 fully saturated rings. The lowest BCUT2D eigenvalue weighted by atomic mass is 10.1. The predicted octanol–water partition coefficient (Wildman–Crippen LogP) is 3.16. The Morgan fingerprint density at radius 2 is 2.18 bits per heavy atom. The number of carboxylic acids is 1. The number of ether oxygens (including phenoxy) is 1. The summed E-state index contributed by atoms with van der Waals surface area (Å²) in [5.41, 5.74) is 3.14. The van der Waals surface area contributed by atoms with Crippen LogP contribution in [0, 0.1) is 6.92 Å². The van der Waals surface area contributed by atoms with Crippen LogP contribution in [0.25, 0.3) is 10.9 Å². The number of fused-ring (bicyclic) bond motifs is 1. The number of hydrogen-bond acceptors (Lipinski definition) is 3. The number of rotatable bonds is 4. The Balaban J connectivity index is 1.93. The van der Waals surface area contributed by atoms with Gasteiger partial charge in [0.05, 0.1) is 5.52 Å². The fourth-order valence-electron chi connectivity index (χ4n) is 2.64. The number of pyridine rings is 1. The van der Waals surface area contributed by atoms with Crippen molar-refractivity contribution in [2.75, 3.05) is 0 Å². The van der Waals surface area contributed by atoms with Crippen LogP contribution in [0.5, 0.6) is 5.75 Å². The molecule has 0 unspecified atom stereocenters. The number of aromatic nitrogens is 2. The number of nitrogens with zero attached hydrogens (tertiary/aromatic N) is 2. The second-order valence-corrected chi connectivity index (χ2v) is 5.22. The summed E-state index contributed by atoms with van der Waals surface area (Å²) in [7, 11) is 1.76. The van der Waals surface area contributed by atoms with Crippen molar-refractivity contribution >= 4 is 16.9 Å². The van der Waals surface area contributed by atoms with E-state index in [2.05, 4.69) is 4.98 Å². The predicted molar refractivity (Wildman–Crippen MR) is 83.2 cm³/mol. The van der Waals surface area contributed by atoms with Gasteiger partial charge in [-0.1, -0.05) is 6.07 Å². The van der Waals surface area contributed by atoms with Gasteiger partial charge in [0, 0.05) is 30.4 Å². The summed E-state index contributed by atoms with van der Waals surface area (Å²) in [5, 5.41) is 10.1. The van der Waals surface area contributed by atoms with Gasteiger partial charge in [-0.3, -0.25) is 4.98 Å². The Kier molecular flexibility index (Phi) is 3.55. The van der Waals surface area contributed by atoms with Crippen LogP contribution in [0.4, 0.5) is 0 Å². The molecule has 0 saturated heterocycles. The molecule has 5 nitrogen and oxygen atoms in total. The van der Waals surface area contributed by atoms with Gasteiger partial charge in [0.2, 0.25) is 0 Å². The topological polar surface area (TPSA) is 64.3 Å². The number of aryl methyl sites for hydroxylation is 2. The maximum Gasteiger partial charge on any atom is 0.352 e. The van der Waals surface area contributed by atoms with Crippen molar-refractivity contribution in [3.63, 3.8) is 0 Å². The number of carboxylic acid groups (broad SMARTS) is 1. The zero-order valence-electron chi connectivity index (χ0n) is 12.4. The summed E-state index contributed by atoms with van der Waals surface area (Å²) in [6, 6.07) is 9.27. The maximum absolute atomic E-state index is 11.2. The van der Waals surface area contributed by atoms with E-state index in [1.165, 1.54) is 0 Å². The first-order chi connectivity index (χ1) is 10.6. The number of benzene rings is 1. The normalized spacial score (nSPS) is 10.8. The molecule has 0 aliphatic carbocycles. The number of aromatic carboxylic acids is 1. The van der Waals surface area contributed by atoms with Crippen molar-refractivity contribution in [2.24, 2.45) is 7.05 Å². The maximum atomic E-state index is 11.2. The summed E-state index contributed by atoms with van der Waals surface area (Å²) in [6.45, 7) is 2.38. The van der Waals surface area contributed by atoms with Crippen molar-refractivity contribution in [1.29, 1.82) is 0 Å². The molecule has 0 radical (unpaired) electrons. The van der Waals surface area contributed by atoms with E-state index in [4.69, 9.17) is 4.74 Å². The minimum Gasteiger partial charge on any atom is -0.489 e. The highest BCUT2D eigenvalue weighted by Crippen LogP contribution is 2.28. The molecule has 0 atom stereocenters. The lowest BCUT2D eigenvalue weighted by Gasteiger charge is -2.09. The van der Waals surface area contributed by atoms with Crippen molar-refractivity contribution < 1.29 is 14.6 Å². The largest absolute Gasteiger partial charge is 0.489 e. The molecule has 1 N–H and O–H groups in total. The van der Waals surface area contributed by atoms with Crippen molar-refractivity contribution in [1.82, 2.24) is 9.55 Å². The second kappa shape index (κ2) is 5.52. The molecule has 0 aliphatic rings. The minimum absolute atomic E-state index is 0.266. The van der Waals surface area contributed by atoms with Gasteiger partial charge in [-0.2, -0.15) is 0 Å². The van der Waals surface area contributed by atoms with E-state index in [0.717, 1.165) is 27.8 Å². The third-order valence-corrected chi connectivity index (χ3v) is 3.64. The summed E-state index contributed by atoms with van der Waals surface area (Å²) in [5.74, 6) is -0.215. The van der Waals surface area contributed by atoms with Gasteiger partial charge in [0.15, 0.2) is 0 Å². The number of carbonyl (C=O) groups is 1. The zero-order valence-corrected chi connectivity index (χ0v) is 12.4. The molecule has 3 rings (SSSR count). The molecule has 0 amide bonds. The molecule has 22 heavy (non-hydrogen) atoms. The Bertz CT molecular complexity index is 838. The van der Waals surface area contributed by atoms with Crippen LogP contribution in [0.2, 0.25) is 0 Å². The fourth-order valence-corrected chi connectivity index (χ4v) is 2.64. The molecular formula is C17H16N2O3. The molecule has 2 aromatic heterocycles. The first-order valence-electron chi connectivity index (χ1n) is 6.91. The van der Waals surface area contributed by atoms with Gasteiger partial charge in [0.25, 0.3) is 0 Å². The van der Waals surface area contributed by atoms with Gasteiger partial charge >= 0.3 is 5.97 Å². The SMILES string of the molecule is Cc1cc(OCc2cccnc2)cc2cc(C(=O)O)n(C)c12. The number of hydrogen-bond donors (Lipinski definition) is 1. The van der Waals surface area contributed by atoms with E-state index >= 15 is 0 Å². The van der Waals surface area contributed by atoms with Crippen molar-refractivity contribution in [3.8, 4) is 5.75 Å². The lowest BCUT2D eigenvalue weighted by Crippen LogP contribution is -2.04. The molecule has 5 heteroatoms. The molecule has 0 aliphatic heterocycles. The highest BCUT2D eigenvalue weighted by atomic mass is 16.5. The molecule has 3 aromatic rings. The highest BCUT2D eigenvalue weighted by Gasteiger charge is 2.14. The molecule has 2 heterocycles. The van der Waals surface area contributed by atoms with Crippen LogP contribution in [0.3, 0.4) is 0 Å². The van der Waals surface area contributed by atoms with Crippen LogP contribution in [-0.2, 0) is 13.7 Å². The average Bonchev–Trinajstić information content (AvgIpc) is 2.84. The van der Waals surface area contributed by atoms with Crippen LogP contribution in [0.1, 0.15) is 21.6 Å². The molecular weight excluding hydrogens is 280 g/mol. The van der Waals surface area contributed by atoms with Gasteiger partial charge in [-0.15, -0.1) is 0 Å². The van der Waals surface area contributed by atoms with Gasteiger partial charge < -0.3 is 14.4 Å². The lowest BCUT2D eigenvalue weighted by molar-refractivity contribution is 0.0687. The highest BCUT2D eigenvalue weighted by molar-refractivity contribution is 5.96. The van der Waals surface area contributed by atoms with Crippen LogP contribution in [-0.4, -0.2) is 20.6 Å². The van der Waals surface area contributed by atoms with Crippen LogP contribution >= 0.6 is 0 Å². The molecule has 1 aromatic carbocycles. The van der Waals surface area contributed by atoms with Gasteiger partial charge in [0.1, 0.15) is 18.1 Å². The van der Waals surface area contributed by atoms with Crippen molar-refractivity contribution in [3.05, 3.63) is 59.5 Å². The molecule has 112 valence electrons. The quantitative estimate of drug-likeness (QED) is 0.803. The molecule has 0 saturated carbocycles. The first-order valence-corrected chi connectivity index (χ1v) is 6.91. The van der Waals surface area contributed by atoms with E-state index < -0.39 is 5.97 Å². The Morgan fingerprint density at radius 1 is 1.36 bits per heavy atom. The van der Waals surface area contributed by atoms with Crippen LogP contribution in [0.15, 0.2) is 42.7 Å². The standard InChI is InChI=1S/C17H16N2O3/c1-11-6-14(22-10-12-4-3-5-18-9-12)7-13-8-15(17(20)21)19(2)16(11)13/h3-9H,10H2,1-2H3,(H,20,21). The monoisotopic (exact) mass is 296 g/mol. The second-order valence-electron chi connectivity index (χ2n) is 5.22. The Hall–Kier alpha value is -2.82. The van der Waals surface area contributed by atoms with E-state index in [-0.39, 0.29) is 5.69 Å². The summed E-state index contributed by atoms with van der Waals surface area (Å²) in [4.78, 5) is 15.3. The average molecular weight is 296 g/mol. The van der Waals surface area contributed by atoms with Gasteiger partial charge in [-0.25, -0.2) is 4.79 Å². The zero-order chi connectivity index (χ0) is 15.7. The minimum atomic E-state index is -0.934. The molecule has 0 spiro atoms. The van der Waals surface area contributed by atoms with Crippen molar-refractivity contribution in [2.45, 2.75) is 13.5 Å². The Morgan fingerprint density at radius 3 is 2.86 bits per heavy atom. The van der Waals surface area contributed by atoms with E-state index in [9.17, 15) is 9.90 Å². The van der Waals surface area contributed by atoms with Gasteiger partial charge in [-0.05, 0) is 36.8 Å². The Labute approximate surface area is 127 Å². The smallest absolute Gasteiger partial charge is 0.352 e. The first kappa shape index (κ1) is 14.1. The summed E-state index contributed by atoms with van der Waals surface area (Å²) < 4.78 is 7.49. The molecule has 0 bridgehead atoms.